The molecule has 2 rings (SSSR count). The second-order valence-corrected chi connectivity index (χ2v) is 5.81. The Morgan fingerprint density at radius 3 is 2.76 bits per heavy atom. The monoisotopic (exact) mass is 363 g/mol. The number of amides is 1. The van der Waals surface area contributed by atoms with Gasteiger partial charge in [0.25, 0.3) is 5.69 Å². The van der Waals surface area contributed by atoms with Gasteiger partial charge >= 0.3 is 0 Å². The van der Waals surface area contributed by atoms with E-state index in [1.807, 2.05) is 4.57 Å². The second kappa shape index (κ2) is 8.94. The van der Waals surface area contributed by atoms with Crippen LogP contribution in [0.25, 0.3) is 0 Å². The molecule has 0 spiro atoms. The first-order valence-electron chi connectivity index (χ1n) is 7.24. The Kier molecular flexibility index (Phi) is 6.66. The predicted octanol–water partition coefficient (Wildman–Crippen LogP) is 2.25. The summed E-state index contributed by atoms with van der Waals surface area (Å²) in [6.07, 6.45) is 1.71. The number of non-ortho nitro benzene ring substituents is 1. The third-order valence-electron chi connectivity index (χ3n) is 3.07. The van der Waals surface area contributed by atoms with E-state index in [-0.39, 0.29) is 17.3 Å². The Hall–Kier alpha value is -2.72. The molecule has 132 valence electrons. The summed E-state index contributed by atoms with van der Waals surface area (Å²) in [6, 6.07) is 5.64. The lowest BCUT2D eigenvalue weighted by Gasteiger charge is -2.07. The van der Waals surface area contributed by atoms with E-state index in [1.165, 1.54) is 36.0 Å². The number of hydrogen-bond acceptors (Lipinski definition) is 7. The zero-order valence-corrected chi connectivity index (χ0v) is 14.4. The highest BCUT2D eigenvalue weighted by Crippen LogP contribution is 2.19. The van der Waals surface area contributed by atoms with Gasteiger partial charge < -0.3 is 14.6 Å². The number of benzene rings is 1. The molecular weight excluding hydrogens is 346 g/mol. The molecule has 0 bridgehead atoms. The normalized spacial score (nSPS) is 10.4. The quantitative estimate of drug-likeness (QED) is 0.315. The zero-order chi connectivity index (χ0) is 18.2. The minimum absolute atomic E-state index is 0.0319. The number of ether oxygens (including phenoxy) is 1. The number of hydrogen-bond donors (Lipinski definition) is 1. The van der Waals surface area contributed by atoms with Gasteiger partial charge in [-0.2, -0.15) is 0 Å². The van der Waals surface area contributed by atoms with E-state index < -0.39 is 4.92 Å². The van der Waals surface area contributed by atoms with Crippen molar-refractivity contribution >= 4 is 29.0 Å². The Labute approximate surface area is 148 Å². The minimum Gasteiger partial charge on any atom is -0.377 e. The second-order valence-electron chi connectivity index (χ2n) is 4.87. The van der Waals surface area contributed by atoms with Gasteiger partial charge in [0.1, 0.15) is 6.61 Å². The largest absolute Gasteiger partial charge is 0.377 e. The van der Waals surface area contributed by atoms with Crippen molar-refractivity contribution in [2.24, 2.45) is 0 Å². The molecule has 0 radical (unpaired) electrons. The van der Waals surface area contributed by atoms with Crippen LogP contribution in [0.15, 0.2) is 42.1 Å². The maximum absolute atomic E-state index is 12.0. The average molecular weight is 363 g/mol. The number of aromatic nitrogens is 3. The lowest BCUT2D eigenvalue weighted by molar-refractivity contribution is -0.384. The fourth-order valence-electron chi connectivity index (χ4n) is 1.97. The number of thioether (sulfide) groups is 1. The van der Waals surface area contributed by atoms with E-state index in [0.29, 0.717) is 29.8 Å². The number of carbonyl (C=O) groups excluding carboxylic acids is 1. The van der Waals surface area contributed by atoms with Crippen LogP contribution in [0.5, 0.6) is 0 Å². The van der Waals surface area contributed by atoms with Gasteiger partial charge in [-0.25, -0.2) is 0 Å². The van der Waals surface area contributed by atoms with Crippen LogP contribution in [0.2, 0.25) is 0 Å². The Morgan fingerprint density at radius 2 is 2.16 bits per heavy atom. The van der Waals surface area contributed by atoms with E-state index in [1.54, 1.807) is 13.2 Å². The van der Waals surface area contributed by atoms with Crippen molar-refractivity contribution in [2.75, 3.05) is 18.2 Å². The Bertz CT molecular complexity index is 760. The van der Waals surface area contributed by atoms with Crippen LogP contribution in [0.4, 0.5) is 11.4 Å². The van der Waals surface area contributed by atoms with Crippen molar-refractivity contribution in [3.63, 3.8) is 0 Å². The molecule has 0 aliphatic heterocycles. The topological polar surface area (TPSA) is 112 Å². The first kappa shape index (κ1) is 18.6. The third-order valence-corrected chi connectivity index (χ3v) is 4.04. The molecule has 25 heavy (non-hydrogen) atoms. The van der Waals surface area contributed by atoms with Crippen molar-refractivity contribution in [3.8, 4) is 0 Å². The summed E-state index contributed by atoms with van der Waals surface area (Å²) >= 11 is 1.23. The first-order valence-corrected chi connectivity index (χ1v) is 8.22. The summed E-state index contributed by atoms with van der Waals surface area (Å²) in [5, 5.41) is 22.0. The molecule has 1 amide bonds. The van der Waals surface area contributed by atoms with Crippen LogP contribution in [-0.4, -0.2) is 38.5 Å². The SMILES string of the molecule is C=CCn1c(COC)nnc1SCC(=O)Nc1ccc([N+](=O)[O-])cc1. The van der Waals surface area contributed by atoms with Crippen LogP contribution in [0.3, 0.4) is 0 Å². The maximum Gasteiger partial charge on any atom is 0.269 e. The Balaban J connectivity index is 1.95. The Morgan fingerprint density at radius 1 is 1.44 bits per heavy atom. The fraction of sp³-hybridized carbons (Fsp3) is 0.267. The first-order chi connectivity index (χ1) is 12.0. The zero-order valence-electron chi connectivity index (χ0n) is 13.5. The van der Waals surface area contributed by atoms with Crippen molar-refractivity contribution in [2.45, 2.75) is 18.3 Å². The molecule has 0 atom stereocenters. The van der Waals surface area contributed by atoms with Gasteiger partial charge in [0.2, 0.25) is 5.91 Å². The molecule has 1 aromatic carbocycles. The van der Waals surface area contributed by atoms with Gasteiger partial charge in [0, 0.05) is 31.5 Å². The number of anilines is 1. The van der Waals surface area contributed by atoms with Crippen LogP contribution >= 0.6 is 11.8 Å². The molecule has 0 unspecified atom stereocenters. The van der Waals surface area contributed by atoms with Gasteiger partial charge in [-0.05, 0) is 12.1 Å². The van der Waals surface area contributed by atoms with Crippen LogP contribution in [0.1, 0.15) is 5.82 Å². The molecule has 1 heterocycles. The molecule has 10 heteroatoms. The lowest BCUT2D eigenvalue weighted by Crippen LogP contribution is -2.14. The molecule has 0 saturated carbocycles. The molecule has 0 aliphatic carbocycles. The summed E-state index contributed by atoms with van der Waals surface area (Å²) in [5.74, 6) is 0.528. The molecule has 9 nitrogen and oxygen atoms in total. The van der Waals surface area contributed by atoms with E-state index in [9.17, 15) is 14.9 Å². The van der Waals surface area contributed by atoms with Gasteiger partial charge in [-0.3, -0.25) is 14.9 Å². The van der Waals surface area contributed by atoms with Crippen molar-refractivity contribution < 1.29 is 14.5 Å². The van der Waals surface area contributed by atoms with E-state index in [2.05, 4.69) is 22.1 Å². The number of carbonyl (C=O) groups is 1. The van der Waals surface area contributed by atoms with Gasteiger partial charge in [-0.15, -0.1) is 16.8 Å². The highest BCUT2D eigenvalue weighted by Gasteiger charge is 2.13. The number of rotatable bonds is 9. The van der Waals surface area contributed by atoms with E-state index in [0.717, 1.165) is 0 Å². The van der Waals surface area contributed by atoms with E-state index in [4.69, 9.17) is 4.74 Å². The molecule has 1 N–H and O–H groups in total. The smallest absolute Gasteiger partial charge is 0.269 e. The highest BCUT2D eigenvalue weighted by molar-refractivity contribution is 7.99. The molecule has 2 aromatic rings. The van der Waals surface area contributed by atoms with Gasteiger partial charge in [-0.1, -0.05) is 17.8 Å². The predicted molar refractivity (Wildman–Crippen MR) is 93.4 cm³/mol. The summed E-state index contributed by atoms with van der Waals surface area (Å²) in [4.78, 5) is 22.2. The van der Waals surface area contributed by atoms with Gasteiger partial charge in [0.05, 0.1) is 10.7 Å². The lowest BCUT2D eigenvalue weighted by atomic mass is 10.3. The highest BCUT2D eigenvalue weighted by atomic mass is 32.2. The van der Waals surface area contributed by atoms with Crippen molar-refractivity contribution in [3.05, 3.63) is 52.9 Å². The molecule has 0 fully saturated rings. The molecular formula is C15H17N5O4S. The van der Waals surface area contributed by atoms with Crippen LogP contribution < -0.4 is 5.32 Å². The van der Waals surface area contributed by atoms with Crippen LogP contribution in [-0.2, 0) is 22.7 Å². The maximum atomic E-state index is 12.0. The summed E-state index contributed by atoms with van der Waals surface area (Å²) in [6.45, 7) is 4.52. The summed E-state index contributed by atoms with van der Waals surface area (Å²) in [7, 11) is 1.57. The molecule has 0 aliphatic rings. The molecule has 1 aromatic heterocycles. The molecule has 0 saturated heterocycles. The number of nitro groups is 1. The average Bonchev–Trinajstić information content (AvgIpc) is 2.96. The standard InChI is InChI=1S/C15H17N5O4S/c1-3-8-19-13(9-24-2)17-18-15(19)25-10-14(21)16-11-4-6-12(7-5-11)20(22)23/h3-7H,1,8-10H2,2H3,(H,16,21). The van der Waals surface area contributed by atoms with Crippen LogP contribution in [0, 0.1) is 10.1 Å². The minimum atomic E-state index is -0.495. The number of nitro benzene ring substituents is 1. The number of allylic oxidation sites excluding steroid dienone is 1. The summed E-state index contributed by atoms with van der Waals surface area (Å²) in [5.41, 5.74) is 0.458. The van der Waals surface area contributed by atoms with E-state index >= 15 is 0 Å². The van der Waals surface area contributed by atoms with Crippen molar-refractivity contribution in [1.82, 2.24) is 14.8 Å². The number of nitrogens with one attached hydrogen (secondary N) is 1. The van der Waals surface area contributed by atoms with Gasteiger partial charge in [0.15, 0.2) is 11.0 Å². The number of methoxy groups -OCH3 is 1. The third kappa shape index (κ3) is 5.13. The fourth-order valence-corrected chi connectivity index (χ4v) is 2.73. The van der Waals surface area contributed by atoms with Crippen molar-refractivity contribution in [1.29, 1.82) is 0 Å². The summed E-state index contributed by atoms with van der Waals surface area (Å²) < 4.78 is 6.88. The number of nitrogens with zero attached hydrogens (tertiary/aromatic N) is 4.